The number of fused-ring (bicyclic) bond motifs is 5. The lowest BCUT2D eigenvalue weighted by atomic mass is 10.1. The zero-order chi connectivity index (χ0) is 23.1. The Hall–Kier alpha value is -3.62. The number of H-pyrrole nitrogens is 2. The SMILES string of the molecule is COCc1c(OC(=O)OC(C)C)ncc2[nH]c3ccc4[nH]c(-c5ccc(Cl)cc5)nc4c3c12. The van der Waals surface area contributed by atoms with Crippen molar-refractivity contribution in [1.29, 1.82) is 0 Å². The van der Waals surface area contributed by atoms with Crippen molar-refractivity contribution in [2.24, 2.45) is 0 Å². The van der Waals surface area contributed by atoms with Crippen LogP contribution in [0.3, 0.4) is 0 Å². The Morgan fingerprint density at radius 3 is 2.52 bits per heavy atom. The van der Waals surface area contributed by atoms with Gasteiger partial charge in [-0.3, -0.25) is 0 Å². The predicted molar refractivity (Wildman–Crippen MR) is 127 cm³/mol. The number of hydrogen-bond donors (Lipinski definition) is 2. The van der Waals surface area contributed by atoms with Gasteiger partial charge in [0.05, 0.1) is 41.0 Å². The second kappa shape index (κ2) is 8.38. The Bertz CT molecular complexity index is 1490. The summed E-state index contributed by atoms with van der Waals surface area (Å²) >= 11 is 6.03. The number of pyridine rings is 1. The molecule has 0 radical (unpaired) electrons. The molecule has 0 amide bonds. The first-order valence-corrected chi connectivity index (χ1v) is 10.8. The maximum atomic E-state index is 12.2. The average molecular weight is 465 g/mol. The first-order valence-electron chi connectivity index (χ1n) is 10.4. The fraction of sp³-hybridized carbons (Fsp3) is 0.208. The number of halogens is 1. The van der Waals surface area contributed by atoms with Crippen LogP contribution in [0.25, 0.3) is 44.2 Å². The second-order valence-electron chi connectivity index (χ2n) is 7.88. The number of imidazole rings is 1. The molecule has 2 N–H and O–H groups in total. The molecule has 0 saturated carbocycles. The monoisotopic (exact) mass is 464 g/mol. The molecule has 0 unspecified atom stereocenters. The second-order valence-corrected chi connectivity index (χ2v) is 8.32. The number of ether oxygens (including phenoxy) is 3. The molecule has 2 aromatic carbocycles. The molecule has 3 heterocycles. The predicted octanol–water partition coefficient (Wildman–Crippen LogP) is 5.98. The molecule has 0 spiro atoms. The van der Waals surface area contributed by atoms with Crippen molar-refractivity contribution in [3.63, 3.8) is 0 Å². The minimum Gasteiger partial charge on any atom is -0.431 e. The number of carbonyl (C=O) groups is 1. The van der Waals surface area contributed by atoms with E-state index in [1.54, 1.807) is 27.2 Å². The average Bonchev–Trinajstić information content (AvgIpc) is 3.36. The van der Waals surface area contributed by atoms with Crippen molar-refractivity contribution >= 4 is 50.6 Å². The molecule has 5 aromatic rings. The summed E-state index contributed by atoms with van der Waals surface area (Å²) in [5.41, 5.74) is 4.87. The number of nitrogens with zero attached hydrogens (tertiary/aromatic N) is 2. The number of aromatic amines is 2. The summed E-state index contributed by atoms with van der Waals surface area (Å²) in [6.45, 7) is 3.69. The van der Waals surface area contributed by atoms with Crippen LogP contribution in [0.15, 0.2) is 42.6 Å². The van der Waals surface area contributed by atoms with Crippen LogP contribution >= 0.6 is 11.6 Å². The van der Waals surface area contributed by atoms with E-state index in [0.717, 1.165) is 44.2 Å². The third kappa shape index (κ3) is 3.88. The van der Waals surface area contributed by atoms with Gasteiger partial charge in [0, 0.05) is 34.0 Å². The summed E-state index contributed by atoms with van der Waals surface area (Å²) in [6, 6.07) is 11.4. The molecule has 5 rings (SSSR count). The highest BCUT2D eigenvalue weighted by Gasteiger charge is 2.21. The normalized spacial score (nSPS) is 11.7. The van der Waals surface area contributed by atoms with E-state index in [-0.39, 0.29) is 18.6 Å². The molecular weight excluding hydrogens is 444 g/mol. The highest BCUT2D eigenvalue weighted by Crippen LogP contribution is 2.37. The zero-order valence-electron chi connectivity index (χ0n) is 18.2. The largest absolute Gasteiger partial charge is 0.515 e. The maximum absolute atomic E-state index is 12.2. The number of aromatic nitrogens is 4. The van der Waals surface area contributed by atoms with Crippen LogP contribution < -0.4 is 4.74 Å². The van der Waals surface area contributed by atoms with Crippen molar-refractivity contribution in [1.82, 2.24) is 19.9 Å². The van der Waals surface area contributed by atoms with Gasteiger partial charge in [-0.25, -0.2) is 14.8 Å². The van der Waals surface area contributed by atoms with Crippen molar-refractivity contribution < 1.29 is 19.0 Å². The van der Waals surface area contributed by atoms with E-state index in [1.165, 1.54) is 0 Å². The van der Waals surface area contributed by atoms with Crippen LogP contribution in [0.5, 0.6) is 5.88 Å². The molecule has 0 saturated heterocycles. The molecular formula is C24H21ClN4O4. The third-order valence-corrected chi connectivity index (χ3v) is 5.48. The summed E-state index contributed by atoms with van der Waals surface area (Å²) in [5.74, 6) is 0.865. The van der Waals surface area contributed by atoms with Gasteiger partial charge in [-0.2, -0.15) is 0 Å². The fourth-order valence-corrected chi connectivity index (χ4v) is 4.03. The molecule has 0 aliphatic heterocycles. The molecule has 0 fully saturated rings. The highest BCUT2D eigenvalue weighted by molar-refractivity contribution is 6.30. The lowest BCUT2D eigenvalue weighted by Crippen LogP contribution is -2.17. The number of benzene rings is 2. The summed E-state index contributed by atoms with van der Waals surface area (Å²) < 4.78 is 16.0. The van der Waals surface area contributed by atoms with Crippen LogP contribution in [0.2, 0.25) is 5.02 Å². The number of nitrogens with one attached hydrogen (secondary N) is 2. The first-order chi connectivity index (χ1) is 15.9. The van der Waals surface area contributed by atoms with Gasteiger partial charge < -0.3 is 24.2 Å². The smallest absolute Gasteiger partial charge is 0.431 e. The van der Waals surface area contributed by atoms with Crippen molar-refractivity contribution in [3.8, 4) is 17.3 Å². The number of rotatable bonds is 5. The molecule has 0 aliphatic rings. The lowest BCUT2D eigenvalue weighted by molar-refractivity contribution is 0.0705. The maximum Gasteiger partial charge on any atom is 0.515 e. The molecule has 168 valence electrons. The van der Waals surface area contributed by atoms with Crippen LogP contribution in [-0.4, -0.2) is 39.3 Å². The van der Waals surface area contributed by atoms with E-state index in [0.29, 0.717) is 10.6 Å². The van der Waals surface area contributed by atoms with E-state index < -0.39 is 6.16 Å². The molecule has 9 heteroatoms. The van der Waals surface area contributed by atoms with Crippen molar-refractivity contribution in [2.45, 2.75) is 26.6 Å². The molecule has 0 aliphatic carbocycles. The number of hydrogen-bond acceptors (Lipinski definition) is 6. The zero-order valence-corrected chi connectivity index (χ0v) is 19.0. The number of methoxy groups -OCH3 is 1. The van der Waals surface area contributed by atoms with Gasteiger partial charge in [-0.1, -0.05) is 11.6 Å². The van der Waals surface area contributed by atoms with E-state index in [1.807, 2.05) is 36.4 Å². The van der Waals surface area contributed by atoms with Gasteiger partial charge in [-0.05, 0) is 50.2 Å². The Kier molecular flexibility index (Phi) is 5.39. The van der Waals surface area contributed by atoms with Gasteiger partial charge >= 0.3 is 6.16 Å². The molecule has 0 atom stereocenters. The van der Waals surface area contributed by atoms with Gasteiger partial charge in [0.2, 0.25) is 5.88 Å². The molecule has 0 bridgehead atoms. The Balaban J connectivity index is 1.73. The van der Waals surface area contributed by atoms with E-state index >= 15 is 0 Å². The summed E-state index contributed by atoms with van der Waals surface area (Å²) in [6.07, 6.45) is 0.504. The minimum absolute atomic E-state index is 0.140. The standard InChI is InChI=1S/C24H21ClN4O4/c1-12(2)32-24(30)33-23-15(11-31-3)19-18(10-26-23)27-16-8-9-17-21(20(16)19)29-22(28-17)13-4-6-14(25)7-5-13/h4-10,12,27H,11H2,1-3H3,(H,28,29). The van der Waals surface area contributed by atoms with Crippen LogP contribution in [-0.2, 0) is 16.1 Å². The third-order valence-electron chi connectivity index (χ3n) is 5.23. The van der Waals surface area contributed by atoms with Gasteiger partial charge in [0.1, 0.15) is 5.82 Å². The Morgan fingerprint density at radius 1 is 1.03 bits per heavy atom. The van der Waals surface area contributed by atoms with E-state index in [4.69, 9.17) is 30.8 Å². The summed E-state index contributed by atoms with van der Waals surface area (Å²) in [4.78, 5) is 28.1. The number of carbonyl (C=O) groups excluding carboxylic acids is 1. The Morgan fingerprint density at radius 2 is 1.79 bits per heavy atom. The first kappa shape index (κ1) is 21.2. The fourth-order valence-electron chi connectivity index (χ4n) is 3.90. The van der Waals surface area contributed by atoms with Crippen LogP contribution in [0.1, 0.15) is 19.4 Å². The minimum atomic E-state index is -0.816. The summed E-state index contributed by atoms with van der Waals surface area (Å²) in [7, 11) is 1.58. The molecule has 8 nitrogen and oxygen atoms in total. The molecule has 3 aromatic heterocycles. The lowest BCUT2D eigenvalue weighted by Gasteiger charge is -2.11. The van der Waals surface area contributed by atoms with Crippen LogP contribution in [0, 0.1) is 0 Å². The molecule has 33 heavy (non-hydrogen) atoms. The van der Waals surface area contributed by atoms with Crippen LogP contribution in [0.4, 0.5) is 4.79 Å². The van der Waals surface area contributed by atoms with Crippen molar-refractivity contribution in [2.75, 3.05) is 7.11 Å². The Labute approximate surface area is 193 Å². The topological polar surface area (TPSA) is 102 Å². The van der Waals surface area contributed by atoms with E-state index in [9.17, 15) is 4.79 Å². The van der Waals surface area contributed by atoms with E-state index in [2.05, 4.69) is 15.0 Å². The quantitative estimate of drug-likeness (QED) is 0.310. The van der Waals surface area contributed by atoms with Gasteiger partial charge in [-0.15, -0.1) is 0 Å². The van der Waals surface area contributed by atoms with Gasteiger partial charge in [0.15, 0.2) is 0 Å². The van der Waals surface area contributed by atoms with Gasteiger partial charge in [0.25, 0.3) is 0 Å². The summed E-state index contributed by atoms with van der Waals surface area (Å²) in [5, 5.41) is 2.37. The van der Waals surface area contributed by atoms with Crippen molar-refractivity contribution in [3.05, 3.63) is 53.2 Å². The highest BCUT2D eigenvalue weighted by atomic mass is 35.5.